The van der Waals surface area contributed by atoms with E-state index in [9.17, 15) is 24.6 Å². The molecule has 0 bridgehead atoms. The van der Waals surface area contributed by atoms with Gasteiger partial charge < -0.3 is 25.0 Å². The fourth-order valence-electron chi connectivity index (χ4n) is 3.76. The Kier molecular flexibility index (Phi) is 12.0. The van der Waals surface area contributed by atoms with Gasteiger partial charge in [0.2, 0.25) is 0 Å². The predicted octanol–water partition coefficient (Wildman–Crippen LogP) is 3.91. The summed E-state index contributed by atoms with van der Waals surface area (Å²) in [6.07, 6.45) is 3.93. The van der Waals surface area contributed by atoms with Gasteiger partial charge in [-0.1, -0.05) is 6.08 Å². The molecule has 0 spiro atoms. The van der Waals surface area contributed by atoms with Gasteiger partial charge >= 0.3 is 12.2 Å². The number of likely N-dealkylation sites (tertiary alicyclic amines) is 1. The summed E-state index contributed by atoms with van der Waals surface area (Å²) in [6, 6.07) is 0. The highest BCUT2D eigenvalue weighted by atomic mass is 16.6. The van der Waals surface area contributed by atoms with Gasteiger partial charge in [-0.25, -0.2) is 9.59 Å². The molecule has 2 amide bonds. The second-order valence-electron chi connectivity index (χ2n) is 10.8. The van der Waals surface area contributed by atoms with Gasteiger partial charge in [0.25, 0.3) is 0 Å². The number of aldehydes is 1. The lowest BCUT2D eigenvalue weighted by Gasteiger charge is -2.40. The summed E-state index contributed by atoms with van der Waals surface area (Å²) in [5, 5.41) is 23.9. The van der Waals surface area contributed by atoms with E-state index in [1.165, 1.54) is 4.90 Å². The third-order valence-corrected chi connectivity index (χ3v) is 5.33. The van der Waals surface area contributed by atoms with Crippen LogP contribution in [0.3, 0.4) is 0 Å². The van der Waals surface area contributed by atoms with E-state index in [0.717, 1.165) is 6.29 Å². The van der Waals surface area contributed by atoms with Crippen molar-refractivity contribution in [1.82, 2.24) is 10.2 Å². The summed E-state index contributed by atoms with van der Waals surface area (Å²) in [7, 11) is 0. The number of allylic oxidation sites excluding steroid dienone is 2. The van der Waals surface area contributed by atoms with Crippen LogP contribution >= 0.6 is 0 Å². The molecule has 1 rings (SSSR count). The van der Waals surface area contributed by atoms with E-state index >= 15 is 0 Å². The first-order valence-corrected chi connectivity index (χ1v) is 12.2. The molecule has 3 N–H and O–H groups in total. The van der Waals surface area contributed by atoms with Crippen molar-refractivity contribution in [2.45, 2.75) is 110 Å². The first-order valence-electron chi connectivity index (χ1n) is 12.2. The lowest BCUT2D eigenvalue weighted by atomic mass is 9.88. The number of hydrogen-bond acceptors (Lipinski definition) is 7. The van der Waals surface area contributed by atoms with Gasteiger partial charge in [0.05, 0.1) is 6.10 Å². The molecule has 1 saturated heterocycles. The van der Waals surface area contributed by atoms with Crippen LogP contribution in [0.2, 0.25) is 0 Å². The molecule has 3 atom stereocenters. The molecular formula is C25H44N2O7. The lowest BCUT2D eigenvalue weighted by molar-refractivity contribution is -0.105. The summed E-state index contributed by atoms with van der Waals surface area (Å²) >= 11 is 0. The fourth-order valence-corrected chi connectivity index (χ4v) is 3.76. The molecule has 0 radical (unpaired) electrons. The average Bonchev–Trinajstić information content (AvgIpc) is 2.69. The van der Waals surface area contributed by atoms with Crippen LogP contribution in [0.15, 0.2) is 11.6 Å². The number of unbranched alkanes of at least 4 members (excludes halogenated alkanes) is 1. The van der Waals surface area contributed by atoms with Crippen molar-refractivity contribution in [1.29, 1.82) is 0 Å². The van der Waals surface area contributed by atoms with Gasteiger partial charge in [-0.3, -0.25) is 9.69 Å². The molecule has 196 valence electrons. The van der Waals surface area contributed by atoms with E-state index in [1.54, 1.807) is 41.5 Å². The molecule has 34 heavy (non-hydrogen) atoms. The average molecular weight is 485 g/mol. The quantitative estimate of drug-likeness (QED) is 0.244. The Bertz CT molecular complexity index is 694. The maximum atomic E-state index is 12.4. The molecule has 0 aliphatic carbocycles. The molecule has 0 aromatic rings. The number of aliphatic hydroxyl groups is 2. The van der Waals surface area contributed by atoms with Gasteiger partial charge in [-0.2, -0.15) is 0 Å². The molecule has 1 aliphatic heterocycles. The second-order valence-corrected chi connectivity index (χ2v) is 10.8. The standard InChI is InChI=1S/C25H44N2O7/c1-24(2,3)33-22(31)26-15-9-12-18(17-28)11-7-8-14-20(29)19-13-10-16-27(21(19)30)23(32)34-25(4,5)6/h11,17,19-21,29-30H,7-10,12-16H2,1-6H3,(H,26,31)/b18-11+. The van der Waals surface area contributed by atoms with E-state index in [4.69, 9.17) is 9.47 Å². The minimum Gasteiger partial charge on any atom is -0.444 e. The van der Waals surface area contributed by atoms with Crippen molar-refractivity contribution in [3.8, 4) is 0 Å². The zero-order valence-corrected chi connectivity index (χ0v) is 21.6. The van der Waals surface area contributed by atoms with E-state index in [0.29, 0.717) is 63.6 Å². The normalized spacial score (nSPS) is 20.5. The van der Waals surface area contributed by atoms with Crippen LogP contribution in [0.4, 0.5) is 9.59 Å². The molecule has 1 fully saturated rings. The van der Waals surface area contributed by atoms with Crippen molar-refractivity contribution in [3.63, 3.8) is 0 Å². The summed E-state index contributed by atoms with van der Waals surface area (Å²) < 4.78 is 10.5. The fraction of sp³-hybridized carbons (Fsp3) is 0.800. The molecule has 0 aromatic heterocycles. The minimum absolute atomic E-state index is 0.396. The van der Waals surface area contributed by atoms with Gasteiger partial charge in [-0.15, -0.1) is 0 Å². The third kappa shape index (κ3) is 11.8. The molecule has 9 nitrogen and oxygen atoms in total. The third-order valence-electron chi connectivity index (χ3n) is 5.33. The number of rotatable bonds is 10. The van der Waals surface area contributed by atoms with Gasteiger partial charge in [0.1, 0.15) is 23.7 Å². The number of nitrogens with zero attached hydrogens (tertiary/aromatic N) is 1. The number of carbonyl (C=O) groups is 3. The number of carbonyl (C=O) groups excluding carboxylic acids is 3. The number of aliphatic hydroxyl groups excluding tert-OH is 2. The molecule has 0 aromatic carbocycles. The largest absolute Gasteiger partial charge is 0.444 e. The second kappa shape index (κ2) is 13.7. The molecule has 9 heteroatoms. The maximum absolute atomic E-state index is 12.4. The van der Waals surface area contributed by atoms with Crippen LogP contribution in [-0.2, 0) is 14.3 Å². The van der Waals surface area contributed by atoms with Crippen molar-refractivity contribution >= 4 is 18.5 Å². The van der Waals surface area contributed by atoms with E-state index in [1.807, 2.05) is 6.08 Å². The highest BCUT2D eigenvalue weighted by Crippen LogP contribution is 2.28. The highest BCUT2D eigenvalue weighted by Gasteiger charge is 2.38. The highest BCUT2D eigenvalue weighted by molar-refractivity contribution is 5.73. The zero-order chi connectivity index (χ0) is 25.9. The molecule has 1 heterocycles. The van der Waals surface area contributed by atoms with Gasteiger partial charge in [-0.05, 0) is 92.1 Å². The van der Waals surface area contributed by atoms with Gasteiger partial charge in [0, 0.05) is 19.0 Å². The van der Waals surface area contributed by atoms with Crippen LogP contribution in [0.25, 0.3) is 0 Å². The lowest BCUT2D eigenvalue weighted by Crippen LogP contribution is -2.52. The summed E-state index contributed by atoms with van der Waals surface area (Å²) in [5.41, 5.74) is -0.560. The zero-order valence-electron chi connectivity index (χ0n) is 21.6. The van der Waals surface area contributed by atoms with Crippen LogP contribution in [0.5, 0.6) is 0 Å². The summed E-state index contributed by atoms with van der Waals surface area (Å²) in [6.45, 7) is 11.5. The maximum Gasteiger partial charge on any atom is 0.412 e. The van der Waals surface area contributed by atoms with Crippen molar-refractivity contribution in [3.05, 3.63) is 11.6 Å². The summed E-state index contributed by atoms with van der Waals surface area (Å²) in [4.78, 5) is 36.6. The Morgan fingerprint density at radius 3 is 2.35 bits per heavy atom. The SMILES string of the molecule is CC(C)(C)OC(=O)NCCC/C(C=O)=C\CCCC(O)C1CCCN(C(=O)OC(C)(C)C)C1O. The molecule has 1 aliphatic rings. The smallest absolute Gasteiger partial charge is 0.412 e. The van der Waals surface area contributed by atoms with E-state index < -0.39 is 41.6 Å². The Labute approximate surface area is 203 Å². The van der Waals surface area contributed by atoms with Crippen LogP contribution in [-0.4, -0.2) is 70.2 Å². The van der Waals surface area contributed by atoms with E-state index in [2.05, 4.69) is 5.32 Å². The monoisotopic (exact) mass is 484 g/mol. The van der Waals surface area contributed by atoms with Gasteiger partial charge in [0.15, 0.2) is 0 Å². The number of ether oxygens (including phenoxy) is 2. The number of piperidine rings is 1. The Hall–Kier alpha value is -2.13. The number of amides is 2. The number of hydrogen-bond donors (Lipinski definition) is 3. The van der Waals surface area contributed by atoms with Crippen molar-refractivity contribution in [2.24, 2.45) is 5.92 Å². The first-order chi connectivity index (χ1) is 15.7. The first kappa shape index (κ1) is 29.9. The molecule has 0 saturated carbocycles. The van der Waals surface area contributed by atoms with Crippen LogP contribution in [0, 0.1) is 5.92 Å². The minimum atomic E-state index is -1.09. The number of alkyl carbamates (subject to hydrolysis) is 1. The van der Waals surface area contributed by atoms with Crippen molar-refractivity contribution < 1.29 is 34.1 Å². The predicted molar refractivity (Wildman–Crippen MR) is 129 cm³/mol. The molecule has 3 unspecified atom stereocenters. The molecular weight excluding hydrogens is 440 g/mol. The van der Waals surface area contributed by atoms with E-state index in [-0.39, 0.29) is 0 Å². The van der Waals surface area contributed by atoms with Crippen LogP contribution < -0.4 is 5.32 Å². The summed E-state index contributed by atoms with van der Waals surface area (Å²) in [5.74, 6) is -0.435. The Morgan fingerprint density at radius 2 is 1.76 bits per heavy atom. The van der Waals surface area contributed by atoms with Crippen molar-refractivity contribution in [2.75, 3.05) is 13.1 Å². The Morgan fingerprint density at radius 1 is 1.12 bits per heavy atom. The number of nitrogens with one attached hydrogen (secondary N) is 1. The topological polar surface area (TPSA) is 125 Å². The van der Waals surface area contributed by atoms with Crippen LogP contribution in [0.1, 0.15) is 86.5 Å². The Balaban J connectivity index is 2.40.